The number of benzene rings is 1. The zero-order chi connectivity index (χ0) is 14.5. The summed E-state index contributed by atoms with van der Waals surface area (Å²) in [4.78, 5) is 11.4. The van der Waals surface area contributed by atoms with Gasteiger partial charge in [-0.25, -0.2) is 0 Å². The van der Waals surface area contributed by atoms with Gasteiger partial charge in [-0.05, 0) is 19.1 Å². The molecule has 0 heterocycles. The van der Waals surface area contributed by atoms with Gasteiger partial charge >= 0.3 is 6.18 Å². The molecular weight excluding hydrogens is 261 g/mol. The van der Waals surface area contributed by atoms with Gasteiger partial charge in [-0.3, -0.25) is 4.79 Å². The van der Waals surface area contributed by atoms with E-state index in [1.807, 2.05) is 6.07 Å². The number of rotatable bonds is 4. The lowest BCUT2D eigenvalue weighted by Crippen LogP contribution is -2.41. The van der Waals surface area contributed by atoms with E-state index >= 15 is 0 Å². The Morgan fingerprint density at radius 3 is 2.68 bits per heavy atom. The van der Waals surface area contributed by atoms with Crippen molar-refractivity contribution in [3.8, 4) is 11.8 Å². The van der Waals surface area contributed by atoms with E-state index in [4.69, 9.17) is 10.00 Å². The van der Waals surface area contributed by atoms with Crippen molar-refractivity contribution >= 4 is 5.91 Å². The molecule has 1 aromatic rings. The molecule has 7 heteroatoms. The summed E-state index contributed by atoms with van der Waals surface area (Å²) in [5.41, 5.74) is 0.206. The summed E-state index contributed by atoms with van der Waals surface area (Å²) in [6.45, 7) is -0.112. The number of nitrogens with zero attached hydrogens (tertiary/aromatic N) is 1. The molecule has 0 aliphatic heterocycles. The number of para-hydroxylation sites is 1. The molecule has 1 atom stereocenters. The number of alkyl halides is 3. The molecule has 0 aliphatic carbocycles. The van der Waals surface area contributed by atoms with Crippen molar-refractivity contribution in [2.24, 2.45) is 0 Å². The lowest BCUT2D eigenvalue weighted by Gasteiger charge is -2.16. The predicted octanol–water partition coefficient (Wildman–Crippen LogP) is 2.00. The van der Waals surface area contributed by atoms with E-state index in [0.717, 1.165) is 0 Å². The van der Waals surface area contributed by atoms with E-state index in [-0.39, 0.29) is 11.3 Å². The van der Waals surface area contributed by atoms with Gasteiger partial charge in [0.05, 0.1) is 5.56 Å². The van der Waals surface area contributed by atoms with Gasteiger partial charge in [0.2, 0.25) is 0 Å². The van der Waals surface area contributed by atoms with E-state index in [1.54, 1.807) is 17.4 Å². The van der Waals surface area contributed by atoms with Crippen molar-refractivity contribution in [1.82, 2.24) is 5.32 Å². The third-order valence-corrected chi connectivity index (χ3v) is 2.14. The molecule has 0 radical (unpaired) electrons. The molecule has 1 unspecified atom stereocenters. The van der Waals surface area contributed by atoms with Crippen LogP contribution in [0.4, 0.5) is 13.2 Å². The second-order valence-corrected chi connectivity index (χ2v) is 3.70. The number of amides is 1. The van der Waals surface area contributed by atoms with Gasteiger partial charge in [-0.1, -0.05) is 12.1 Å². The van der Waals surface area contributed by atoms with Crippen molar-refractivity contribution in [1.29, 1.82) is 5.26 Å². The zero-order valence-electron chi connectivity index (χ0n) is 9.99. The summed E-state index contributed by atoms with van der Waals surface area (Å²) < 4.78 is 40.9. The predicted molar refractivity (Wildman–Crippen MR) is 60.3 cm³/mol. The first kappa shape index (κ1) is 14.8. The Labute approximate surface area is 107 Å². The van der Waals surface area contributed by atoms with Gasteiger partial charge in [-0.2, -0.15) is 18.4 Å². The number of hydrogen-bond acceptors (Lipinski definition) is 3. The molecule has 0 saturated heterocycles. The summed E-state index contributed by atoms with van der Waals surface area (Å²) >= 11 is 0. The number of nitriles is 1. The van der Waals surface area contributed by atoms with Crippen LogP contribution in [0.25, 0.3) is 0 Å². The van der Waals surface area contributed by atoms with Gasteiger partial charge in [-0.15, -0.1) is 0 Å². The smallest absolute Gasteiger partial charge is 0.405 e. The van der Waals surface area contributed by atoms with Crippen LogP contribution in [-0.2, 0) is 4.79 Å². The Kier molecular flexibility index (Phi) is 4.75. The minimum Gasteiger partial charge on any atom is -0.480 e. The molecule has 0 aromatic heterocycles. The molecule has 0 fully saturated rings. The maximum atomic E-state index is 11.9. The Morgan fingerprint density at radius 1 is 1.47 bits per heavy atom. The standard InChI is InChI=1S/C12H11F3N2O2/c1-8(11(18)17-7-12(13,14)15)19-10-5-3-2-4-9(10)6-16/h2-5,8H,7H2,1H3,(H,17,18). The van der Waals surface area contributed by atoms with Crippen LogP contribution in [-0.4, -0.2) is 24.7 Å². The largest absolute Gasteiger partial charge is 0.480 e. The molecule has 0 saturated carbocycles. The van der Waals surface area contributed by atoms with Crippen LogP contribution >= 0.6 is 0 Å². The normalized spacial score (nSPS) is 12.4. The fraction of sp³-hybridized carbons (Fsp3) is 0.333. The Morgan fingerprint density at radius 2 is 2.11 bits per heavy atom. The maximum absolute atomic E-state index is 11.9. The van der Waals surface area contributed by atoms with Crippen molar-refractivity contribution < 1.29 is 22.7 Å². The molecular formula is C12H11F3N2O2. The first-order valence-electron chi connectivity index (χ1n) is 5.33. The van der Waals surface area contributed by atoms with Crippen LogP contribution in [0, 0.1) is 11.3 Å². The third-order valence-electron chi connectivity index (χ3n) is 2.14. The average molecular weight is 272 g/mol. The maximum Gasteiger partial charge on any atom is 0.405 e. The fourth-order valence-corrected chi connectivity index (χ4v) is 1.24. The quantitative estimate of drug-likeness (QED) is 0.911. The summed E-state index contributed by atoms with van der Waals surface area (Å²) in [5.74, 6) is -0.746. The lowest BCUT2D eigenvalue weighted by atomic mass is 10.2. The summed E-state index contributed by atoms with van der Waals surface area (Å²) in [6.07, 6.45) is -5.60. The van der Waals surface area contributed by atoms with Crippen molar-refractivity contribution in [2.75, 3.05) is 6.54 Å². The molecule has 1 rings (SSSR count). The van der Waals surface area contributed by atoms with Crippen molar-refractivity contribution in [3.63, 3.8) is 0 Å². The van der Waals surface area contributed by atoms with E-state index < -0.39 is 24.7 Å². The average Bonchev–Trinajstić information content (AvgIpc) is 2.35. The van der Waals surface area contributed by atoms with Gasteiger partial charge in [0.25, 0.3) is 5.91 Å². The van der Waals surface area contributed by atoms with Gasteiger partial charge in [0.1, 0.15) is 18.4 Å². The number of halogens is 3. The van der Waals surface area contributed by atoms with Crippen LogP contribution in [0.5, 0.6) is 5.75 Å². The molecule has 1 amide bonds. The van der Waals surface area contributed by atoms with Crippen LogP contribution in [0.3, 0.4) is 0 Å². The van der Waals surface area contributed by atoms with Crippen LogP contribution in [0.15, 0.2) is 24.3 Å². The molecule has 1 aromatic carbocycles. The van der Waals surface area contributed by atoms with Gasteiger partial charge in [0, 0.05) is 0 Å². The third kappa shape index (κ3) is 4.87. The Hall–Kier alpha value is -2.23. The summed E-state index contributed by atoms with van der Waals surface area (Å²) in [6, 6.07) is 8.01. The van der Waals surface area contributed by atoms with E-state index in [2.05, 4.69) is 0 Å². The molecule has 4 nitrogen and oxygen atoms in total. The highest BCUT2D eigenvalue weighted by atomic mass is 19.4. The van der Waals surface area contributed by atoms with Crippen LogP contribution in [0.1, 0.15) is 12.5 Å². The number of hydrogen-bond donors (Lipinski definition) is 1. The summed E-state index contributed by atoms with van der Waals surface area (Å²) in [5, 5.41) is 10.5. The highest BCUT2D eigenvalue weighted by molar-refractivity contribution is 5.80. The second kappa shape index (κ2) is 6.09. The lowest BCUT2D eigenvalue weighted by molar-refractivity contribution is -0.142. The topological polar surface area (TPSA) is 62.1 Å². The number of nitrogens with one attached hydrogen (secondary N) is 1. The van der Waals surface area contributed by atoms with Crippen LogP contribution < -0.4 is 10.1 Å². The number of carbonyl (C=O) groups excluding carboxylic acids is 1. The molecule has 102 valence electrons. The number of ether oxygens (including phenoxy) is 1. The Balaban J connectivity index is 2.62. The molecule has 0 spiro atoms. The monoisotopic (exact) mass is 272 g/mol. The second-order valence-electron chi connectivity index (χ2n) is 3.70. The SMILES string of the molecule is CC(Oc1ccccc1C#N)C(=O)NCC(F)(F)F. The van der Waals surface area contributed by atoms with E-state index in [9.17, 15) is 18.0 Å². The first-order chi connectivity index (χ1) is 8.83. The Bertz CT molecular complexity index is 494. The molecule has 0 bridgehead atoms. The van der Waals surface area contributed by atoms with E-state index in [1.165, 1.54) is 19.1 Å². The molecule has 0 aliphatic rings. The molecule has 19 heavy (non-hydrogen) atoms. The fourth-order valence-electron chi connectivity index (χ4n) is 1.24. The van der Waals surface area contributed by atoms with Crippen LogP contribution in [0.2, 0.25) is 0 Å². The number of carbonyl (C=O) groups is 1. The highest BCUT2D eigenvalue weighted by Gasteiger charge is 2.29. The minimum absolute atomic E-state index is 0.152. The summed E-state index contributed by atoms with van der Waals surface area (Å²) in [7, 11) is 0. The van der Waals surface area contributed by atoms with Crippen molar-refractivity contribution in [3.05, 3.63) is 29.8 Å². The van der Waals surface area contributed by atoms with Gasteiger partial charge < -0.3 is 10.1 Å². The van der Waals surface area contributed by atoms with Crippen molar-refractivity contribution in [2.45, 2.75) is 19.2 Å². The van der Waals surface area contributed by atoms with Gasteiger partial charge in [0.15, 0.2) is 6.10 Å². The first-order valence-corrected chi connectivity index (χ1v) is 5.33. The highest BCUT2D eigenvalue weighted by Crippen LogP contribution is 2.18. The zero-order valence-corrected chi connectivity index (χ0v) is 9.99. The van der Waals surface area contributed by atoms with E-state index in [0.29, 0.717) is 0 Å². The minimum atomic E-state index is -4.47. The molecule has 1 N–H and O–H groups in total.